The van der Waals surface area contributed by atoms with Crippen LogP contribution in [0.3, 0.4) is 0 Å². The van der Waals surface area contributed by atoms with Crippen molar-refractivity contribution < 1.29 is 22.7 Å². The largest absolute Gasteiger partial charge is 0.493 e. The number of hydrogen-bond acceptors (Lipinski definition) is 5. The quantitative estimate of drug-likeness (QED) is 0.573. The number of hydrogen-bond donors (Lipinski definition) is 0. The lowest BCUT2D eigenvalue weighted by molar-refractivity contribution is -0.139. The summed E-state index contributed by atoms with van der Waals surface area (Å²) >= 11 is 0. The standard InChI is InChI=1S/C26H34N2O5S/c1-22-7-5-8-23(17-22)19-34(30,31)28-12-6-11-26(20-28,21-33-24-9-3-2-4-10-24)18-25(29)27-13-15-32-16-14-27/h2-5,7-10,17H,6,11-16,18-21H2,1H3. The molecule has 2 aromatic carbocycles. The third-order valence-electron chi connectivity index (χ3n) is 6.63. The maximum atomic E-state index is 13.4. The van der Waals surface area contributed by atoms with Gasteiger partial charge in [-0.05, 0) is 37.5 Å². The topological polar surface area (TPSA) is 76.2 Å². The number of benzene rings is 2. The Labute approximate surface area is 202 Å². The maximum absolute atomic E-state index is 13.4. The van der Waals surface area contributed by atoms with Crippen LogP contribution in [0.4, 0.5) is 0 Å². The lowest BCUT2D eigenvalue weighted by Gasteiger charge is -2.42. The highest BCUT2D eigenvalue weighted by Crippen LogP contribution is 2.37. The molecule has 8 heteroatoms. The molecule has 0 saturated carbocycles. The summed E-state index contributed by atoms with van der Waals surface area (Å²) < 4.78 is 39.9. The van der Waals surface area contributed by atoms with Crippen LogP contribution < -0.4 is 4.74 Å². The molecule has 0 spiro atoms. The van der Waals surface area contributed by atoms with Gasteiger partial charge in [-0.15, -0.1) is 0 Å². The second-order valence-electron chi connectivity index (χ2n) is 9.45. The fourth-order valence-corrected chi connectivity index (χ4v) is 6.48. The van der Waals surface area contributed by atoms with Gasteiger partial charge in [0.25, 0.3) is 0 Å². The molecule has 0 aromatic heterocycles. The molecule has 7 nitrogen and oxygen atoms in total. The number of sulfonamides is 1. The van der Waals surface area contributed by atoms with Gasteiger partial charge in [0.1, 0.15) is 5.75 Å². The van der Waals surface area contributed by atoms with Crippen LogP contribution in [-0.4, -0.2) is 69.5 Å². The van der Waals surface area contributed by atoms with E-state index in [1.165, 1.54) is 0 Å². The van der Waals surface area contributed by atoms with E-state index in [0.29, 0.717) is 45.9 Å². The van der Waals surface area contributed by atoms with E-state index in [9.17, 15) is 13.2 Å². The first kappa shape index (κ1) is 24.7. The minimum Gasteiger partial charge on any atom is -0.493 e. The van der Waals surface area contributed by atoms with E-state index in [4.69, 9.17) is 9.47 Å². The predicted octanol–water partition coefficient (Wildman–Crippen LogP) is 3.23. The number of rotatable bonds is 8. The lowest BCUT2D eigenvalue weighted by Crippen LogP contribution is -2.52. The summed E-state index contributed by atoms with van der Waals surface area (Å²) in [6.07, 6.45) is 1.70. The Hall–Kier alpha value is -2.42. The summed E-state index contributed by atoms with van der Waals surface area (Å²) in [6, 6.07) is 17.1. The van der Waals surface area contributed by atoms with Crippen molar-refractivity contribution >= 4 is 15.9 Å². The molecule has 0 aliphatic carbocycles. The van der Waals surface area contributed by atoms with Crippen LogP contribution in [0.5, 0.6) is 5.75 Å². The van der Waals surface area contributed by atoms with Gasteiger partial charge in [0, 0.05) is 38.0 Å². The Kier molecular flexibility index (Phi) is 7.91. The number of aryl methyl sites for hydroxylation is 1. The highest BCUT2D eigenvalue weighted by atomic mass is 32.2. The summed E-state index contributed by atoms with van der Waals surface area (Å²) in [6.45, 7) is 5.22. The first-order valence-electron chi connectivity index (χ1n) is 11.9. The van der Waals surface area contributed by atoms with Gasteiger partial charge in [0.15, 0.2) is 0 Å². The van der Waals surface area contributed by atoms with E-state index in [1.807, 2.05) is 66.4 Å². The van der Waals surface area contributed by atoms with E-state index >= 15 is 0 Å². The highest BCUT2D eigenvalue weighted by molar-refractivity contribution is 7.88. The van der Waals surface area contributed by atoms with Gasteiger partial charge in [-0.3, -0.25) is 4.79 Å². The van der Waals surface area contributed by atoms with Crippen molar-refractivity contribution in [2.45, 2.75) is 31.9 Å². The zero-order chi connectivity index (χ0) is 24.0. The summed E-state index contributed by atoms with van der Waals surface area (Å²) in [5.74, 6) is 0.722. The molecule has 2 fully saturated rings. The third kappa shape index (κ3) is 6.37. The van der Waals surface area contributed by atoms with Crippen LogP contribution in [0.2, 0.25) is 0 Å². The zero-order valence-electron chi connectivity index (χ0n) is 19.8. The van der Waals surface area contributed by atoms with Crippen molar-refractivity contribution in [3.05, 3.63) is 65.7 Å². The normalized spacial score (nSPS) is 21.9. The molecule has 0 radical (unpaired) electrons. The minimum absolute atomic E-state index is 0.0397. The van der Waals surface area contributed by atoms with E-state index in [1.54, 1.807) is 4.31 Å². The predicted molar refractivity (Wildman–Crippen MR) is 131 cm³/mol. The molecule has 1 unspecified atom stereocenters. The van der Waals surface area contributed by atoms with Gasteiger partial charge >= 0.3 is 0 Å². The van der Waals surface area contributed by atoms with Crippen molar-refractivity contribution in [2.75, 3.05) is 46.0 Å². The van der Waals surface area contributed by atoms with Gasteiger partial charge in [0.05, 0.1) is 25.6 Å². The maximum Gasteiger partial charge on any atom is 0.223 e. The van der Waals surface area contributed by atoms with E-state index in [2.05, 4.69) is 0 Å². The molecule has 1 amide bonds. The van der Waals surface area contributed by atoms with Crippen molar-refractivity contribution in [2.24, 2.45) is 5.41 Å². The molecule has 0 N–H and O–H groups in total. The highest BCUT2D eigenvalue weighted by Gasteiger charge is 2.42. The van der Waals surface area contributed by atoms with Crippen LogP contribution in [0.25, 0.3) is 0 Å². The summed E-state index contributed by atoms with van der Waals surface area (Å²) in [5.41, 5.74) is 1.23. The first-order chi connectivity index (χ1) is 16.4. The Morgan fingerprint density at radius 3 is 2.56 bits per heavy atom. The molecule has 2 aliphatic heterocycles. The zero-order valence-corrected chi connectivity index (χ0v) is 20.6. The number of carbonyl (C=O) groups is 1. The van der Waals surface area contributed by atoms with E-state index in [-0.39, 0.29) is 24.6 Å². The van der Waals surface area contributed by atoms with Gasteiger partial charge < -0.3 is 14.4 Å². The molecule has 2 aromatic rings. The first-order valence-corrected chi connectivity index (χ1v) is 13.5. The second kappa shape index (κ2) is 10.9. The molecule has 34 heavy (non-hydrogen) atoms. The van der Waals surface area contributed by atoms with Crippen LogP contribution >= 0.6 is 0 Å². The summed E-state index contributed by atoms with van der Waals surface area (Å²) in [4.78, 5) is 15.0. The SMILES string of the molecule is Cc1cccc(CS(=O)(=O)N2CCCC(COc3ccccc3)(CC(=O)N3CCOCC3)C2)c1. The second-order valence-corrected chi connectivity index (χ2v) is 11.4. The minimum atomic E-state index is -3.53. The number of morpholine rings is 1. The molecule has 4 rings (SSSR count). The van der Waals surface area contributed by atoms with Crippen LogP contribution in [0.1, 0.15) is 30.4 Å². The van der Waals surface area contributed by atoms with Crippen LogP contribution in [0.15, 0.2) is 54.6 Å². The number of carbonyl (C=O) groups excluding carboxylic acids is 1. The van der Waals surface area contributed by atoms with Gasteiger partial charge in [-0.1, -0.05) is 48.0 Å². The van der Waals surface area contributed by atoms with Gasteiger partial charge in [-0.2, -0.15) is 0 Å². The van der Waals surface area contributed by atoms with Gasteiger partial charge in [0.2, 0.25) is 15.9 Å². The van der Waals surface area contributed by atoms with Crippen molar-refractivity contribution in [3.8, 4) is 5.75 Å². The van der Waals surface area contributed by atoms with Gasteiger partial charge in [-0.25, -0.2) is 12.7 Å². The third-order valence-corrected chi connectivity index (χ3v) is 8.43. The van der Waals surface area contributed by atoms with Crippen molar-refractivity contribution in [3.63, 3.8) is 0 Å². The average molecular weight is 487 g/mol. The van der Waals surface area contributed by atoms with Crippen LogP contribution in [0, 0.1) is 12.3 Å². The number of para-hydroxylation sites is 1. The monoisotopic (exact) mass is 486 g/mol. The Morgan fingerprint density at radius 2 is 1.82 bits per heavy atom. The van der Waals surface area contributed by atoms with Crippen molar-refractivity contribution in [1.82, 2.24) is 9.21 Å². The van der Waals surface area contributed by atoms with E-state index in [0.717, 1.165) is 23.3 Å². The Balaban J connectivity index is 1.53. The summed E-state index contributed by atoms with van der Waals surface area (Å²) in [5, 5.41) is 0. The molecule has 0 bridgehead atoms. The number of nitrogens with zero attached hydrogens (tertiary/aromatic N) is 2. The Bertz CT molecular complexity index is 1070. The fraction of sp³-hybridized carbons (Fsp3) is 0.500. The summed E-state index contributed by atoms with van der Waals surface area (Å²) in [7, 11) is -3.53. The molecule has 1 atom stereocenters. The number of piperidine rings is 1. The molecule has 2 heterocycles. The molecule has 2 aliphatic rings. The number of amides is 1. The molecular formula is C26H34N2O5S. The van der Waals surface area contributed by atoms with E-state index < -0.39 is 15.4 Å². The smallest absolute Gasteiger partial charge is 0.223 e. The Morgan fingerprint density at radius 1 is 1.06 bits per heavy atom. The van der Waals surface area contributed by atoms with Crippen molar-refractivity contribution in [1.29, 1.82) is 0 Å². The number of ether oxygens (including phenoxy) is 2. The van der Waals surface area contributed by atoms with Crippen LogP contribution in [-0.2, 0) is 25.3 Å². The molecule has 2 saturated heterocycles. The fourth-order valence-electron chi connectivity index (χ4n) is 4.82. The molecular weight excluding hydrogens is 452 g/mol. The lowest BCUT2D eigenvalue weighted by atomic mass is 9.78. The average Bonchev–Trinajstić information content (AvgIpc) is 2.84. The molecule has 184 valence electrons.